The summed E-state index contributed by atoms with van der Waals surface area (Å²) in [6, 6.07) is 0. The lowest BCUT2D eigenvalue weighted by Gasteiger charge is -2.29. The molecule has 0 rings (SSSR count). The zero-order valence-electron chi connectivity index (χ0n) is 50.9. The first-order valence-electron chi connectivity index (χ1n) is 26.7. The molecule has 0 aliphatic carbocycles. The van der Waals surface area contributed by atoms with Crippen molar-refractivity contribution in [3.63, 3.8) is 0 Å². The van der Waals surface area contributed by atoms with E-state index in [1.807, 2.05) is 152 Å². The summed E-state index contributed by atoms with van der Waals surface area (Å²) in [4.78, 5) is 12.5. The van der Waals surface area contributed by atoms with Crippen LogP contribution in [0.25, 0.3) is 0 Å². The van der Waals surface area contributed by atoms with Gasteiger partial charge in [-0.1, -0.05) is 68.3 Å². The number of carbonyl (C=O) groups is 1. The van der Waals surface area contributed by atoms with Gasteiger partial charge in [0.1, 0.15) is 0 Å². The Hall–Kier alpha value is 4.17. The highest BCUT2D eigenvalue weighted by Gasteiger charge is 2.35. The second-order valence-corrected chi connectivity index (χ2v) is 42.6. The molecule has 0 heterocycles. The van der Waals surface area contributed by atoms with Crippen molar-refractivity contribution in [2.75, 3.05) is 46.9 Å². The highest BCUT2D eigenvalue weighted by atomic mass is 32.7. The molecule has 0 saturated carbocycles. The number of esters is 1. The van der Waals surface area contributed by atoms with Gasteiger partial charge in [-0.2, -0.15) is 0 Å². The number of carbonyl (C=O) groups excluding carboxylic acids is 1. The summed E-state index contributed by atoms with van der Waals surface area (Å²) in [5, 5.41) is 0. The van der Waals surface area contributed by atoms with Crippen molar-refractivity contribution >= 4 is 138 Å². The predicted octanol–water partition coefficient (Wildman–Crippen LogP) is 20.4. The van der Waals surface area contributed by atoms with E-state index in [2.05, 4.69) is 0 Å². The lowest BCUT2D eigenvalue weighted by atomic mass is 10.5. The van der Waals surface area contributed by atoms with Crippen molar-refractivity contribution in [1.82, 2.24) is 0 Å². The molecule has 7 atom stereocenters. The van der Waals surface area contributed by atoms with Crippen LogP contribution < -0.4 is 0 Å². The van der Waals surface area contributed by atoms with E-state index in [1.54, 1.807) is 41.1 Å². The fourth-order valence-electron chi connectivity index (χ4n) is 4.65. The molecule has 0 aliphatic heterocycles. The van der Waals surface area contributed by atoms with Gasteiger partial charge < -0.3 is 59.0 Å². The monoisotopic (exact) mass is 1380 g/mol. The second kappa shape index (κ2) is 48.1. The molecular formula is C47H101O17P7S7. The van der Waals surface area contributed by atoms with Gasteiger partial charge >= 0.3 is 12.8 Å². The van der Waals surface area contributed by atoms with Crippen LogP contribution in [0.2, 0.25) is 0 Å². The zero-order chi connectivity index (χ0) is 59.5. The maximum absolute atomic E-state index is 14.9. The van der Waals surface area contributed by atoms with Crippen LogP contribution in [0.4, 0.5) is 0 Å². The Kier molecular flexibility index (Phi) is 50.6. The Morgan fingerprint density at radius 2 is 0.577 bits per heavy atom. The van der Waals surface area contributed by atoms with Crippen molar-refractivity contribution in [2.24, 2.45) is 0 Å². The van der Waals surface area contributed by atoms with Gasteiger partial charge in [-0.05, 0) is 171 Å². The third-order valence-corrected chi connectivity index (χ3v) is 32.8. The topological polar surface area (TPSA) is 173 Å². The van der Waals surface area contributed by atoms with Gasteiger partial charge in [0.05, 0.1) is 98.5 Å². The van der Waals surface area contributed by atoms with Crippen LogP contribution in [0.5, 0.6) is 0 Å². The van der Waals surface area contributed by atoms with Gasteiger partial charge in [-0.15, -0.1) is 0 Å². The molecule has 0 bridgehead atoms. The molecule has 31 heteroatoms. The van der Waals surface area contributed by atoms with Crippen molar-refractivity contribution in [2.45, 2.75) is 251 Å². The molecule has 0 aromatic heterocycles. The molecule has 0 fully saturated rings. The van der Waals surface area contributed by atoms with Crippen molar-refractivity contribution < 1.29 is 77.4 Å². The third-order valence-electron chi connectivity index (χ3n) is 7.41. The normalized spacial score (nSPS) is 16.8. The third kappa shape index (κ3) is 48.1. The summed E-state index contributed by atoms with van der Waals surface area (Å²) in [7, 11) is -7.95. The molecular weight excluding hydrogens is 1280 g/mol. The molecule has 0 aromatic rings. The average Bonchev–Trinajstić information content (AvgIpc) is 3.28. The van der Waals surface area contributed by atoms with Crippen LogP contribution in [0.3, 0.4) is 0 Å². The number of ether oxygens (including phenoxy) is 1. The second-order valence-electron chi connectivity index (χ2n) is 19.7. The van der Waals surface area contributed by atoms with Crippen molar-refractivity contribution in [3.8, 4) is 0 Å². The Labute approximate surface area is 509 Å². The molecule has 0 aromatic carbocycles. The fourth-order valence-corrected chi connectivity index (χ4v) is 30.8. The van der Waals surface area contributed by atoms with E-state index in [9.17, 15) is 9.36 Å². The van der Waals surface area contributed by atoms with Gasteiger partial charge in [0, 0.05) is 40.3 Å². The Morgan fingerprint density at radius 3 is 0.833 bits per heavy atom. The summed E-state index contributed by atoms with van der Waals surface area (Å²) in [6.45, 7) is 41.9. The van der Waals surface area contributed by atoms with Gasteiger partial charge in [0.2, 0.25) is 45.5 Å². The fraction of sp³-hybridized carbons (Fsp3) is 0.979. The van der Waals surface area contributed by atoms with Crippen LogP contribution in [0.1, 0.15) is 166 Å². The first kappa shape index (κ1) is 82.2. The summed E-state index contributed by atoms with van der Waals surface area (Å²) in [5.41, 5.74) is 0. The highest BCUT2D eigenvalue weighted by molar-refractivity contribution is 8.55. The van der Waals surface area contributed by atoms with E-state index in [4.69, 9.17) is 68.1 Å². The minimum Gasteiger partial charge on any atom is -0.466 e. The SMILES string of the molecule is CCOC(=O)CCSP(OC(C)CSP(OC(C)CSP(OC(C)C)OC(C)C)OC(C)CSP(OC(C)C)OC(C)C)OC(C)CSP(=O)(OC(C)CSP(OC(C)C)OC(C)C)OC(C)CSP(OC(C)C)OC(C)C. The van der Waals surface area contributed by atoms with Gasteiger partial charge in [0.15, 0.2) is 0 Å². The highest BCUT2D eigenvalue weighted by Crippen LogP contribution is 2.66. The minimum atomic E-state index is -3.82. The van der Waals surface area contributed by atoms with Crippen molar-refractivity contribution in [3.05, 3.63) is 0 Å². The van der Waals surface area contributed by atoms with E-state index in [0.29, 0.717) is 41.1 Å². The Morgan fingerprint density at radius 1 is 0.346 bits per heavy atom. The molecule has 0 amide bonds. The first-order valence-corrected chi connectivity index (χ1v) is 46.5. The summed E-state index contributed by atoms with van der Waals surface area (Å²) >= 11 is 10.4. The molecule has 0 N–H and O–H groups in total. The maximum atomic E-state index is 14.9. The maximum Gasteiger partial charge on any atom is 0.389 e. The van der Waals surface area contributed by atoms with Crippen LogP contribution >= 0.6 is 132 Å². The van der Waals surface area contributed by atoms with Crippen LogP contribution in [0, 0.1) is 0 Å². The van der Waals surface area contributed by atoms with Crippen LogP contribution in [0.15, 0.2) is 0 Å². The van der Waals surface area contributed by atoms with Crippen molar-refractivity contribution in [1.29, 1.82) is 0 Å². The van der Waals surface area contributed by atoms with Crippen LogP contribution in [-0.4, -0.2) is 138 Å². The quantitative estimate of drug-likeness (QED) is 0.0415. The van der Waals surface area contributed by atoms with E-state index in [1.165, 1.54) is 34.1 Å². The van der Waals surface area contributed by atoms with E-state index in [-0.39, 0.29) is 85.3 Å². The largest absolute Gasteiger partial charge is 0.466 e. The first-order chi connectivity index (χ1) is 36.4. The minimum absolute atomic E-state index is 0.0233. The molecule has 468 valence electrons. The average molecular weight is 1380 g/mol. The molecule has 0 aliphatic rings. The van der Waals surface area contributed by atoms with Crippen LogP contribution in [-0.2, 0) is 77.4 Å². The van der Waals surface area contributed by atoms with Gasteiger partial charge in [-0.3, -0.25) is 13.8 Å². The van der Waals surface area contributed by atoms with Gasteiger partial charge in [-0.25, -0.2) is 4.57 Å². The smallest absolute Gasteiger partial charge is 0.389 e. The Bertz CT molecular complexity index is 1420. The summed E-state index contributed by atoms with van der Waals surface area (Å²) < 4.78 is 108. The zero-order valence-corrected chi connectivity index (χ0v) is 62.9. The molecule has 17 nitrogen and oxygen atoms in total. The van der Waals surface area contributed by atoms with E-state index >= 15 is 0 Å². The summed E-state index contributed by atoms with van der Waals surface area (Å²) in [6.07, 6.45) is -1.87. The standard InChI is InChI=1S/C47H101O17P7S7/c1-24-50-47(48)25-26-72-69(59-41(18)29-75-70(60-42(19)27-73-65(51-33(2)3)52-34(4)5)61-43(20)28-74-66(53-35(6)7)54-36(8)9)62-44(21)32-78-71(49,63-45(22)30-76-67(55-37(10)11)56-38(12)13)64-46(23)31-77-68(57-39(14)15)58-40(16)17/h33-46H,24-32H2,1-23H3. The lowest BCUT2D eigenvalue weighted by molar-refractivity contribution is -0.142. The molecule has 78 heavy (non-hydrogen) atoms. The molecule has 0 spiro atoms. The molecule has 0 saturated heterocycles. The van der Waals surface area contributed by atoms with E-state index in [0.717, 1.165) is 11.4 Å². The van der Waals surface area contributed by atoms with Gasteiger partial charge in [0.25, 0.3) is 0 Å². The predicted molar refractivity (Wildman–Crippen MR) is 351 cm³/mol. The molecule has 0 radical (unpaired) electrons. The van der Waals surface area contributed by atoms with E-state index < -0.39 is 70.6 Å². The number of hydrogen-bond donors (Lipinski definition) is 0. The number of rotatable bonds is 51. The molecule has 7 unspecified atom stereocenters. The Balaban J connectivity index is 6.49. The number of hydrogen-bond acceptors (Lipinski definition) is 24. The summed E-state index contributed by atoms with van der Waals surface area (Å²) in [5.74, 6) is 3.14. The lowest BCUT2D eigenvalue weighted by Crippen LogP contribution is -2.17.